The fourth-order valence-electron chi connectivity index (χ4n) is 3.93. The van der Waals surface area contributed by atoms with Crippen molar-refractivity contribution in [1.29, 1.82) is 5.41 Å². The van der Waals surface area contributed by atoms with Crippen LogP contribution >= 0.6 is 47.4 Å². The van der Waals surface area contributed by atoms with E-state index in [0.29, 0.717) is 43.6 Å². The maximum Gasteiger partial charge on any atom is 0.159 e. The molecule has 4 N–H and O–H groups in total. The highest BCUT2D eigenvalue weighted by Gasteiger charge is 2.47. The van der Waals surface area contributed by atoms with Crippen molar-refractivity contribution in [3.63, 3.8) is 0 Å². The van der Waals surface area contributed by atoms with Gasteiger partial charge in [0, 0.05) is 54.5 Å². The van der Waals surface area contributed by atoms with Gasteiger partial charge in [0.25, 0.3) is 0 Å². The topological polar surface area (TPSA) is 113 Å². The third-order valence-electron chi connectivity index (χ3n) is 5.86. The van der Waals surface area contributed by atoms with Crippen LogP contribution in [0.5, 0.6) is 5.75 Å². The van der Waals surface area contributed by atoms with Crippen molar-refractivity contribution in [2.45, 2.75) is 6.61 Å². The Bertz CT molecular complexity index is 1160. The molecule has 36 heavy (non-hydrogen) atoms. The number of nitrogens with one attached hydrogen (secondary N) is 2. The van der Waals surface area contributed by atoms with Gasteiger partial charge >= 0.3 is 0 Å². The normalized spacial score (nSPS) is 14.9. The molecule has 2 aromatic heterocycles. The number of rotatable bonds is 6. The van der Waals surface area contributed by atoms with E-state index in [1.54, 1.807) is 30.7 Å². The molecule has 2 aliphatic heterocycles. The predicted octanol–water partition coefficient (Wildman–Crippen LogP) is 4.36. The molecule has 5 rings (SSSR count). The van der Waals surface area contributed by atoms with Gasteiger partial charge in [-0.15, -0.1) is 5.10 Å². The van der Waals surface area contributed by atoms with Gasteiger partial charge in [-0.2, -0.15) is 17.7 Å². The highest BCUT2D eigenvalue weighted by Crippen LogP contribution is 2.36. The van der Waals surface area contributed by atoms with Gasteiger partial charge in [-0.25, -0.2) is 4.98 Å². The van der Waals surface area contributed by atoms with E-state index < -0.39 is 0 Å². The van der Waals surface area contributed by atoms with Crippen LogP contribution in [0.15, 0.2) is 42.7 Å². The van der Waals surface area contributed by atoms with Crippen LogP contribution in [0.4, 0.5) is 5.82 Å². The van der Waals surface area contributed by atoms with Crippen molar-refractivity contribution in [3.05, 3.63) is 74.6 Å². The Labute approximate surface area is 231 Å². The molecule has 2 aliphatic rings. The average molecular weight is 569 g/mol. The molecule has 0 unspecified atom stereocenters. The van der Waals surface area contributed by atoms with E-state index in [1.807, 2.05) is 12.1 Å². The number of thiol groups is 1. The van der Waals surface area contributed by atoms with Crippen LogP contribution in [0.2, 0.25) is 15.2 Å². The minimum Gasteiger partial charge on any atom is -0.487 e. The Morgan fingerprint density at radius 2 is 1.78 bits per heavy atom. The molecular weight excluding hydrogens is 541 g/mol. The van der Waals surface area contributed by atoms with E-state index in [2.05, 4.69) is 43.8 Å². The Morgan fingerprint density at radius 1 is 1.08 bits per heavy atom. The Balaban J connectivity index is 0.000000861. The van der Waals surface area contributed by atoms with Crippen LogP contribution in [0, 0.1) is 10.8 Å². The van der Waals surface area contributed by atoms with Gasteiger partial charge in [0.15, 0.2) is 5.15 Å². The van der Waals surface area contributed by atoms with Gasteiger partial charge in [0.05, 0.1) is 22.0 Å². The maximum atomic E-state index is 8.62. The zero-order chi connectivity index (χ0) is 26.3. The quantitative estimate of drug-likeness (QED) is 0.258. The summed E-state index contributed by atoms with van der Waals surface area (Å²) in [6, 6.07) is 9.09. The lowest BCUT2D eigenvalue weighted by Gasteiger charge is -2.56. The molecule has 0 bridgehead atoms. The number of benzene rings is 1. The lowest BCUT2D eigenvalue weighted by atomic mass is 9.74. The number of ether oxygens (including phenoxy) is 1. The van der Waals surface area contributed by atoms with Gasteiger partial charge < -0.3 is 20.7 Å². The van der Waals surface area contributed by atoms with Crippen LogP contribution in [0.1, 0.15) is 16.7 Å². The minimum absolute atomic E-state index is 0.0762. The number of pyridine rings is 1. The second-order valence-corrected chi connectivity index (χ2v) is 9.31. The van der Waals surface area contributed by atoms with Crippen LogP contribution in [0.25, 0.3) is 0 Å². The van der Waals surface area contributed by atoms with E-state index in [0.717, 1.165) is 32.0 Å². The van der Waals surface area contributed by atoms with Gasteiger partial charge in [-0.05, 0) is 37.6 Å². The number of anilines is 1. The maximum absolute atomic E-state index is 8.62. The fourth-order valence-corrected chi connectivity index (χ4v) is 4.54. The zero-order valence-electron chi connectivity index (χ0n) is 19.9. The minimum atomic E-state index is 0.0762. The number of halogens is 3. The van der Waals surface area contributed by atoms with Crippen LogP contribution in [0.3, 0.4) is 0 Å². The molecule has 0 saturated carbocycles. The second-order valence-electron chi connectivity index (χ2n) is 8.14. The van der Waals surface area contributed by atoms with Gasteiger partial charge in [-0.1, -0.05) is 40.9 Å². The fraction of sp³-hybridized carbons (Fsp3) is 0.333. The van der Waals surface area contributed by atoms with Gasteiger partial charge in [0.1, 0.15) is 18.2 Å². The predicted molar refractivity (Wildman–Crippen MR) is 151 cm³/mol. The summed E-state index contributed by atoms with van der Waals surface area (Å²) in [5.41, 5.74) is 7.16. The molecule has 192 valence electrons. The van der Waals surface area contributed by atoms with Gasteiger partial charge in [0.2, 0.25) is 0 Å². The van der Waals surface area contributed by atoms with Crippen molar-refractivity contribution in [2.24, 2.45) is 11.1 Å². The first-order chi connectivity index (χ1) is 17.4. The first kappa shape index (κ1) is 28.4. The molecule has 0 amide bonds. The first-order valence-corrected chi connectivity index (χ1v) is 13.1. The van der Waals surface area contributed by atoms with Crippen LogP contribution < -0.4 is 20.7 Å². The highest BCUT2D eigenvalue weighted by atomic mass is 35.5. The molecule has 1 spiro atoms. The number of hydrogen-bond donors (Lipinski definition) is 4. The Kier molecular flexibility index (Phi) is 10.2. The highest BCUT2D eigenvalue weighted by molar-refractivity contribution is 7.79. The molecule has 12 heteroatoms. The van der Waals surface area contributed by atoms with Gasteiger partial charge in [-0.3, -0.25) is 5.41 Å². The lowest BCUT2D eigenvalue weighted by Crippen LogP contribution is -2.71. The molecule has 8 nitrogen and oxygen atoms in total. The molecule has 0 aliphatic carbocycles. The van der Waals surface area contributed by atoms with Crippen molar-refractivity contribution in [2.75, 3.05) is 44.4 Å². The SMILES string of the molecule is CN.CS.N=C(c1ccc(N2CC3(CNC3)C2)nc1)c1ccc(Cl)c(OCc2c(Cl)cnnc2Cl)c1. The number of aromatic nitrogens is 3. The van der Waals surface area contributed by atoms with E-state index in [1.165, 1.54) is 13.2 Å². The number of nitrogens with two attached hydrogens (primary N) is 1. The summed E-state index contributed by atoms with van der Waals surface area (Å²) in [4.78, 5) is 6.84. The van der Waals surface area contributed by atoms with Crippen molar-refractivity contribution < 1.29 is 4.74 Å². The molecule has 0 atom stereocenters. The van der Waals surface area contributed by atoms with Crippen molar-refractivity contribution in [1.82, 2.24) is 20.5 Å². The van der Waals surface area contributed by atoms with Crippen LogP contribution in [-0.2, 0) is 6.61 Å². The molecular formula is C24H28Cl3N7OS. The molecule has 2 fully saturated rings. The summed E-state index contributed by atoms with van der Waals surface area (Å²) in [6.07, 6.45) is 4.83. The standard InChI is InChI=1S/C22H19Cl3N6O.CH5N.CH4S/c23-16-3-1-13(5-18(16)32-8-15-17(24)7-29-30-21(15)25)20(26)14-2-4-19(28-6-14)31-11-22(12-31)9-27-10-22;2*1-2/h1-7,26-27H,8-12H2;2H2,1H3;2H,1H3. The number of nitrogens with zero attached hydrogens (tertiary/aromatic N) is 4. The molecule has 0 radical (unpaired) electrons. The van der Waals surface area contributed by atoms with Crippen molar-refractivity contribution in [3.8, 4) is 5.75 Å². The summed E-state index contributed by atoms with van der Waals surface area (Å²) in [5, 5.41) is 20.4. The largest absolute Gasteiger partial charge is 0.487 e. The smallest absolute Gasteiger partial charge is 0.159 e. The van der Waals surface area contributed by atoms with Crippen molar-refractivity contribution >= 4 is 59.0 Å². The van der Waals surface area contributed by atoms with E-state index >= 15 is 0 Å². The third kappa shape index (κ3) is 6.22. The summed E-state index contributed by atoms with van der Waals surface area (Å²) in [5.74, 6) is 1.36. The first-order valence-electron chi connectivity index (χ1n) is 11.1. The van der Waals surface area contributed by atoms with E-state index in [-0.39, 0.29) is 11.8 Å². The third-order valence-corrected chi connectivity index (χ3v) is 6.80. The molecule has 3 aromatic rings. The Hall–Kier alpha value is -2.14. The average Bonchev–Trinajstić information content (AvgIpc) is 2.85. The monoisotopic (exact) mass is 567 g/mol. The number of hydrogen-bond acceptors (Lipinski definition) is 9. The lowest BCUT2D eigenvalue weighted by molar-refractivity contribution is 0.120. The molecule has 4 heterocycles. The van der Waals surface area contributed by atoms with Crippen LogP contribution in [-0.4, -0.2) is 60.4 Å². The molecule has 1 aromatic carbocycles. The summed E-state index contributed by atoms with van der Waals surface area (Å²) >= 11 is 22.0. The summed E-state index contributed by atoms with van der Waals surface area (Å²) in [7, 11) is 1.50. The van der Waals surface area contributed by atoms with E-state index in [9.17, 15) is 0 Å². The second kappa shape index (κ2) is 12.9. The summed E-state index contributed by atoms with van der Waals surface area (Å²) in [6.45, 7) is 4.31. The summed E-state index contributed by atoms with van der Waals surface area (Å²) < 4.78 is 5.83. The molecule has 2 saturated heterocycles. The zero-order valence-corrected chi connectivity index (χ0v) is 23.1. The van der Waals surface area contributed by atoms with E-state index in [4.69, 9.17) is 44.9 Å². The Morgan fingerprint density at radius 3 is 2.36 bits per heavy atom.